The number of H-pyrrole nitrogens is 1. The van der Waals surface area contributed by atoms with Crippen molar-refractivity contribution in [3.8, 4) is 11.5 Å². The summed E-state index contributed by atoms with van der Waals surface area (Å²) < 4.78 is 0. The van der Waals surface area contributed by atoms with Crippen LogP contribution < -0.4 is 0 Å². The fourth-order valence-electron chi connectivity index (χ4n) is 1.17. The van der Waals surface area contributed by atoms with E-state index in [2.05, 4.69) is 39.5 Å². The van der Waals surface area contributed by atoms with Crippen molar-refractivity contribution in [2.75, 3.05) is 0 Å². The normalized spacial score (nSPS) is 10.8. The maximum atomic E-state index is 4.43. The summed E-state index contributed by atoms with van der Waals surface area (Å²) in [7, 11) is 0. The highest BCUT2D eigenvalue weighted by atomic mass is 15.5. The molecule has 0 bridgehead atoms. The molecule has 0 aliphatic rings. The van der Waals surface area contributed by atoms with Gasteiger partial charge in [0.05, 0.1) is 0 Å². The first-order valence-corrected chi connectivity index (χ1v) is 4.48. The molecule has 5 heteroatoms. The summed E-state index contributed by atoms with van der Waals surface area (Å²) >= 11 is 0. The first-order valence-electron chi connectivity index (χ1n) is 4.48. The molecule has 1 N–H and O–H groups in total. The van der Waals surface area contributed by atoms with Crippen molar-refractivity contribution in [1.29, 1.82) is 0 Å². The van der Waals surface area contributed by atoms with E-state index in [1.54, 1.807) is 0 Å². The third kappa shape index (κ3) is 1.61. The molecular formula is C9H11N5. The van der Waals surface area contributed by atoms with Crippen molar-refractivity contribution >= 4 is 0 Å². The second-order valence-corrected chi connectivity index (χ2v) is 3.34. The van der Waals surface area contributed by atoms with Gasteiger partial charge in [-0.3, -0.25) is 0 Å². The predicted octanol–water partition coefficient (Wildman–Crippen LogP) is 1.39. The topological polar surface area (TPSA) is 67.3 Å². The van der Waals surface area contributed by atoms with Crippen LogP contribution in [0.15, 0.2) is 18.2 Å². The van der Waals surface area contributed by atoms with Crippen LogP contribution in [0.25, 0.3) is 11.5 Å². The number of pyridine rings is 1. The Labute approximate surface area is 81.6 Å². The number of tetrazole rings is 1. The minimum atomic E-state index is 0.404. The summed E-state index contributed by atoms with van der Waals surface area (Å²) in [5.41, 5.74) is 1.79. The Hall–Kier alpha value is -1.78. The number of hydrogen-bond acceptors (Lipinski definition) is 4. The van der Waals surface area contributed by atoms with Crippen LogP contribution in [0.3, 0.4) is 0 Å². The average molecular weight is 189 g/mol. The molecule has 14 heavy (non-hydrogen) atoms. The van der Waals surface area contributed by atoms with Crippen LogP contribution in [0.2, 0.25) is 0 Å². The lowest BCUT2D eigenvalue weighted by atomic mass is 10.1. The van der Waals surface area contributed by atoms with E-state index in [1.807, 2.05) is 18.2 Å². The molecule has 0 spiro atoms. The van der Waals surface area contributed by atoms with Gasteiger partial charge >= 0.3 is 0 Å². The van der Waals surface area contributed by atoms with Gasteiger partial charge in [0.2, 0.25) is 5.82 Å². The van der Waals surface area contributed by atoms with Crippen molar-refractivity contribution in [3.63, 3.8) is 0 Å². The zero-order valence-corrected chi connectivity index (χ0v) is 8.10. The van der Waals surface area contributed by atoms with Gasteiger partial charge in [0, 0.05) is 5.69 Å². The van der Waals surface area contributed by atoms with E-state index >= 15 is 0 Å². The van der Waals surface area contributed by atoms with Gasteiger partial charge in [0.1, 0.15) is 5.69 Å². The molecule has 0 amide bonds. The molecule has 72 valence electrons. The van der Waals surface area contributed by atoms with E-state index in [0.29, 0.717) is 11.7 Å². The molecule has 2 aromatic rings. The number of aromatic amines is 1. The maximum Gasteiger partial charge on any atom is 0.222 e. The number of nitrogens with zero attached hydrogens (tertiary/aromatic N) is 4. The largest absolute Gasteiger partial charge is 0.249 e. The van der Waals surface area contributed by atoms with Crippen molar-refractivity contribution < 1.29 is 0 Å². The summed E-state index contributed by atoms with van der Waals surface area (Å²) in [4.78, 5) is 4.43. The van der Waals surface area contributed by atoms with Crippen LogP contribution in [-0.2, 0) is 0 Å². The van der Waals surface area contributed by atoms with Gasteiger partial charge in [-0.15, -0.1) is 10.2 Å². The Bertz CT molecular complexity index is 407. The van der Waals surface area contributed by atoms with E-state index < -0.39 is 0 Å². The molecule has 0 aliphatic carbocycles. The van der Waals surface area contributed by atoms with Gasteiger partial charge in [0.15, 0.2) is 0 Å². The molecule has 0 fully saturated rings. The minimum absolute atomic E-state index is 0.404. The molecule has 0 saturated heterocycles. The summed E-state index contributed by atoms with van der Waals surface area (Å²) in [5.74, 6) is 0.939. The Morgan fingerprint density at radius 3 is 2.79 bits per heavy atom. The number of rotatable bonds is 2. The molecule has 0 saturated carbocycles. The van der Waals surface area contributed by atoms with Crippen LogP contribution in [0.1, 0.15) is 25.5 Å². The molecule has 0 radical (unpaired) electrons. The smallest absolute Gasteiger partial charge is 0.222 e. The van der Waals surface area contributed by atoms with E-state index in [9.17, 15) is 0 Å². The Morgan fingerprint density at radius 1 is 1.29 bits per heavy atom. The van der Waals surface area contributed by atoms with Gasteiger partial charge in [0.25, 0.3) is 0 Å². The third-order valence-corrected chi connectivity index (χ3v) is 1.94. The standard InChI is InChI=1S/C9H11N5/c1-6(2)7-4-3-5-8(10-7)9-11-13-14-12-9/h3-6H,1-2H3,(H,11,12,13,14). The van der Waals surface area contributed by atoms with Crippen LogP contribution in [-0.4, -0.2) is 25.6 Å². The lowest BCUT2D eigenvalue weighted by molar-refractivity contribution is 0.823. The number of nitrogens with one attached hydrogen (secondary N) is 1. The van der Waals surface area contributed by atoms with Crippen LogP contribution >= 0.6 is 0 Å². The summed E-state index contributed by atoms with van der Waals surface area (Å²) in [6.07, 6.45) is 0. The van der Waals surface area contributed by atoms with Crippen LogP contribution in [0.4, 0.5) is 0 Å². The lowest BCUT2D eigenvalue weighted by Gasteiger charge is -2.04. The molecule has 0 aliphatic heterocycles. The predicted molar refractivity (Wildman–Crippen MR) is 51.5 cm³/mol. The summed E-state index contributed by atoms with van der Waals surface area (Å²) in [6.45, 7) is 4.20. The number of aromatic nitrogens is 5. The van der Waals surface area contributed by atoms with Crippen molar-refractivity contribution in [2.24, 2.45) is 0 Å². The first kappa shape index (κ1) is 8.80. The molecular weight excluding hydrogens is 178 g/mol. The van der Waals surface area contributed by atoms with Crippen molar-refractivity contribution in [1.82, 2.24) is 25.6 Å². The van der Waals surface area contributed by atoms with E-state index in [1.165, 1.54) is 0 Å². The molecule has 2 rings (SSSR count). The highest BCUT2D eigenvalue weighted by Crippen LogP contribution is 2.15. The number of hydrogen-bond donors (Lipinski definition) is 1. The van der Waals surface area contributed by atoms with Gasteiger partial charge in [-0.2, -0.15) is 5.21 Å². The van der Waals surface area contributed by atoms with Crippen LogP contribution in [0.5, 0.6) is 0 Å². The van der Waals surface area contributed by atoms with E-state index in [4.69, 9.17) is 0 Å². The van der Waals surface area contributed by atoms with Crippen LogP contribution in [0, 0.1) is 0 Å². The van der Waals surface area contributed by atoms with E-state index in [-0.39, 0.29) is 0 Å². The quantitative estimate of drug-likeness (QED) is 0.775. The molecule has 2 aromatic heterocycles. The SMILES string of the molecule is CC(C)c1cccc(-c2nn[nH]n2)n1. The fourth-order valence-corrected chi connectivity index (χ4v) is 1.17. The molecule has 5 nitrogen and oxygen atoms in total. The zero-order chi connectivity index (χ0) is 9.97. The molecule has 0 unspecified atom stereocenters. The van der Waals surface area contributed by atoms with Crippen molar-refractivity contribution in [2.45, 2.75) is 19.8 Å². The molecule has 2 heterocycles. The average Bonchev–Trinajstić information content (AvgIpc) is 2.71. The van der Waals surface area contributed by atoms with Gasteiger partial charge in [-0.1, -0.05) is 19.9 Å². The van der Waals surface area contributed by atoms with Gasteiger partial charge < -0.3 is 0 Å². The van der Waals surface area contributed by atoms with Crippen molar-refractivity contribution in [3.05, 3.63) is 23.9 Å². The Kier molecular flexibility index (Phi) is 2.22. The second kappa shape index (κ2) is 3.53. The fraction of sp³-hybridized carbons (Fsp3) is 0.333. The highest BCUT2D eigenvalue weighted by molar-refractivity contribution is 5.47. The molecule has 0 aromatic carbocycles. The summed E-state index contributed by atoms with van der Waals surface area (Å²) in [6, 6.07) is 5.82. The van der Waals surface area contributed by atoms with E-state index in [0.717, 1.165) is 11.4 Å². The second-order valence-electron chi connectivity index (χ2n) is 3.34. The lowest BCUT2D eigenvalue weighted by Crippen LogP contribution is -1.94. The first-order chi connectivity index (χ1) is 6.77. The summed E-state index contributed by atoms with van der Waals surface area (Å²) in [5, 5.41) is 13.7. The maximum absolute atomic E-state index is 4.43. The third-order valence-electron chi connectivity index (χ3n) is 1.94. The monoisotopic (exact) mass is 189 g/mol. The Morgan fingerprint density at radius 2 is 2.14 bits per heavy atom. The molecule has 0 atom stereocenters. The minimum Gasteiger partial charge on any atom is -0.249 e. The highest BCUT2D eigenvalue weighted by Gasteiger charge is 2.06. The van der Waals surface area contributed by atoms with Gasteiger partial charge in [-0.25, -0.2) is 4.98 Å². The van der Waals surface area contributed by atoms with Gasteiger partial charge in [-0.05, 0) is 23.3 Å². The Balaban J connectivity index is 2.41. The zero-order valence-electron chi connectivity index (χ0n) is 8.10.